The predicted octanol–water partition coefficient (Wildman–Crippen LogP) is 18.0. The molecule has 0 heterocycles. The number of hydrogen-bond acceptors (Lipinski definition) is 4. The number of carbonyl (C=O) groups is 2. The third-order valence-corrected chi connectivity index (χ3v) is 23.1. The van der Waals surface area contributed by atoms with Gasteiger partial charge in [0, 0.05) is 25.7 Å². The molecule has 16 atom stereocenters. The van der Waals surface area contributed by atoms with Crippen LogP contribution in [0, 0.1) is 92.7 Å². The van der Waals surface area contributed by atoms with Crippen LogP contribution in [-0.2, 0) is 19.1 Å². The predicted molar refractivity (Wildman–Crippen MR) is 283 cm³/mol. The maximum absolute atomic E-state index is 13.1. The summed E-state index contributed by atoms with van der Waals surface area (Å²) in [6.07, 6.45) is 41.3. The summed E-state index contributed by atoms with van der Waals surface area (Å²) in [5.41, 5.74) is 4.89. The van der Waals surface area contributed by atoms with E-state index in [1.54, 1.807) is 11.1 Å². The van der Waals surface area contributed by atoms with Gasteiger partial charge in [-0.2, -0.15) is 0 Å². The van der Waals surface area contributed by atoms with Gasteiger partial charge < -0.3 is 9.47 Å². The highest BCUT2D eigenvalue weighted by atomic mass is 16.5. The number of fused-ring (bicyclic) bond motifs is 10. The molecule has 0 amide bonds. The van der Waals surface area contributed by atoms with Gasteiger partial charge in [-0.05, 0) is 195 Å². The third kappa shape index (κ3) is 11.0. The van der Waals surface area contributed by atoms with E-state index in [0.29, 0.717) is 34.5 Å². The van der Waals surface area contributed by atoms with E-state index in [9.17, 15) is 9.59 Å². The van der Waals surface area contributed by atoms with Crippen LogP contribution in [0.2, 0.25) is 0 Å². The Kier molecular flexibility index (Phi) is 17.3. The van der Waals surface area contributed by atoms with Crippen molar-refractivity contribution >= 4 is 11.9 Å². The van der Waals surface area contributed by atoms with Gasteiger partial charge in [0.1, 0.15) is 12.2 Å². The molecule has 0 unspecified atom stereocenters. The summed E-state index contributed by atoms with van der Waals surface area (Å²) < 4.78 is 12.4. The van der Waals surface area contributed by atoms with Gasteiger partial charge in [0.05, 0.1) is 0 Å². The van der Waals surface area contributed by atoms with E-state index in [-0.39, 0.29) is 24.1 Å². The van der Waals surface area contributed by atoms with Crippen LogP contribution in [0.3, 0.4) is 0 Å². The highest BCUT2D eigenvalue weighted by Crippen LogP contribution is 2.69. The molecule has 6 saturated carbocycles. The second-order valence-corrected chi connectivity index (χ2v) is 27.9. The molecule has 0 aromatic heterocycles. The van der Waals surface area contributed by atoms with Crippen molar-refractivity contribution < 1.29 is 19.1 Å². The van der Waals surface area contributed by atoms with Crippen LogP contribution < -0.4 is 0 Å². The summed E-state index contributed by atoms with van der Waals surface area (Å²) >= 11 is 0. The lowest BCUT2D eigenvalue weighted by Gasteiger charge is -2.58. The number of hydrogen-bond donors (Lipinski definition) is 0. The molecule has 68 heavy (non-hydrogen) atoms. The van der Waals surface area contributed by atoms with E-state index in [1.165, 1.54) is 116 Å². The minimum absolute atomic E-state index is 0.0111. The van der Waals surface area contributed by atoms with E-state index < -0.39 is 0 Å². The lowest BCUT2D eigenvalue weighted by atomic mass is 9.47. The number of esters is 2. The largest absolute Gasteiger partial charge is 0.462 e. The summed E-state index contributed by atoms with van der Waals surface area (Å²) in [6.45, 7) is 25.3. The van der Waals surface area contributed by atoms with Crippen LogP contribution in [0.5, 0.6) is 0 Å². The first kappa shape index (κ1) is 52.7. The maximum atomic E-state index is 13.1. The van der Waals surface area contributed by atoms with Gasteiger partial charge in [-0.3, -0.25) is 9.59 Å². The van der Waals surface area contributed by atoms with Crippen molar-refractivity contribution in [3.05, 3.63) is 23.3 Å². The molecular weight excluding hydrogens is 833 g/mol. The van der Waals surface area contributed by atoms with Crippen LogP contribution in [-0.4, -0.2) is 24.1 Å². The molecule has 0 spiro atoms. The van der Waals surface area contributed by atoms with Crippen LogP contribution in [0.1, 0.15) is 262 Å². The van der Waals surface area contributed by atoms with E-state index in [0.717, 1.165) is 135 Å². The maximum Gasteiger partial charge on any atom is 0.306 e. The minimum atomic E-state index is 0.0111. The summed E-state index contributed by atoms with van der Waals surface area (Å²) in [6, 6.07) is 0. The van der Waals surface area contributed by atoms with Gasteiger partial charge in [-0.25, -0.2) is 0 Å². The van der Waals surface area contributed by atoms with E-state index in [4.69, 9.17) is 9.47 Å². The summed E-state index contributed by atoms with van der Waals surface area (Å²) in [7, 11) is 0. The number of allylic oxidation sites excluding steroid dienone is 2. The molecule has 4 heteroatoms. The molecule has 0 aromatic rings. The van der Waals surface area contributed by atoms with Crippen molar-refractivity contribution in [2.24, 2.45) is 92.7 Å². The summed E-state index contributed by atoms with van der Waals surface area (Å²) in [4.78, 5) is 26.2. The zero-order chi connectivity index (χ0) is 48.4. The SMILES string of the molecule is CC(C)CCC[C@@H](C)[C@H]1CC[C@H]2[C@@H]3CC=C4C[C@@H](OC(=O)CCCCCCCCC(=O)O[C@H]5CC[C@@]6(C)C(=CC[C@H]7[C@@H]8CC[C@H]([C@H](C)CCCC(C)C)[C@@]8(C)CC[C@@H]76)C5)CC[C@]4(C)[C@H]3CC[C@]12C. The summed E-state index contributed by atoms with van der Waals surface area (Å²) in [5.74, 6) is 10.3. The van der Waals surface area contributed by atoms with Crippen molar-refractivity contribution in [3.8, 4) is 0 Å². The van der Waals surface area contributed by atoms with Crippen LogP contribution in [0.4, 0.5) is 0 Å². The Morgan fingerprint density at radius 2 is 0.882 bits per heavy atom. The second-order valence-electron chi connectivity index (χ2n) is 27.9. The first-order valence-corrected chi connectivity index (χ1v) is 30.2. The zero-order valence-electron chi connectivity index (χ0n) is 46.1. The third-order valence-electron chi connectivity index (χ3n) is 23.1. The average Bonchev–Trinajstić information content (AvgIpc) is 3.84. The van der Waals surface area contributed by atoms with E-state index in [1.807, 2.05) is 0 Å². The Balaban J connectivity index is 0.689. The van der Waals surface area contributed by atoms with Gasteiger partial charge in [0.15, 0.2) is 0 Å². The fraction of sp³-hybridized carbons (Fsp3) is 0.906. The molecule has 0 aromatic carbocycles. The zero-order valence-corrected chi connectivity index (χ0v) is 46.1. The quantitative estimate of drug-likeness (QED) is 0.0654. The molecule has 0 bridgehead atoms. The van der Waals surface area contributed by atoms with Crippen molar-refractivity contribution in [2.45, 2.75) is 274 Å². The van der Waals surface area contributed by atoms with Crippen molar-refractivity contribution in [3.63, 3.8) is 0 Å². The molecule has 0 radical (unpaired) electrons. The smallest absolute Gasteiger partial charge is 0.306 e. The fourth-order valence-electron chi connectivity index (χ4n) is 19.2. The average molecular weight is 940 g/mol. The molecule has 8 aliphatic rings. The van der Waals surface area contributed by atoms with Gasteiger partial charge in [-0.1, -0.05) is 157 Å². The van der Waals surface area contributed by atoms with Gasteiger partial charge in [-0.15, -0.1) is 0 Å². The Morgan fingerprint density at radius 3 is 1.28 bits per heavy atom. The fourth-order valence-corrected chi connectivity index (χ4v) is 19.2. The molecule has 0 N–H and O–H groups in total. The standard InChI is InChI=1S/C64H106O4/c1-43(2)19-17-21-45(5)53-29-31-55-51-27-25-47-41-49(33-37-61(47,7)57(51)35-39-63(53,55)9)67-59(65)23-15-13-11-12-14-16-24-60(66)68-50-34-38-62(8)48(42-50)26-28-52-56-32-30-54(46(6)22-18-20-44(3)4)64(56,10)40-36-58(52)62/h25-26,43-46,49-58H,11-24,27-42H2,1-10H3/t45-,46-,49+,50+,51+,52+,53-,54-,55+,56+,57+,58+,61+,62+,63-,64-/m1/s1. The van der Waals surface area contributed by atoms with Gasteiger partial charge in [0.2, 0.25) is 0 Å². The molecule has 8 aliphatic carbocycles. The highest BCUT2D eigenvalue weighted by molar-refractivity contribution is 5.70. The van der Waals surface area contributed by atoms with Crippen molar-refractivity contribution in [1.82, 2.24) is 0 Å². The minimum Gasteiger partial charge on any atom is -0.462 e. The van der Waals surface area contributed by atoms with Crippen molar-refractivity contribution in [2.75, 3.05) is 0 Å². The second kappa shape index (κ2) is 22.3. The number of rotatable bonds is 21. The lowest BCUT2D eigenvalue weighted by Crippen LogP contribution is -2.51. The lowest BCUT2D eigenvalue weighted by molar-refractivity contribution is -0.152. The Hall–Kier alpha value is -1.58. The van der Waals surface area contributed by atoms with Gasteiger partial charge in [0.25, 0.3) is 0 Å². The van der Waals surface area contributed by atoms with E-state index in [2.05, 4.69) is 81.4 Å². The molecule has 4 nitrogen and oxygen atoms in total. The Labute approximate surface area is 419 Å². The molecule has 386 valence electrons. The van der Waals surface area contributed by atoms with Crippen LogP contribution in [0.15, 0.2) is 23.3 Å². The molecule has 0 saturated heterocycles. The Morgan fingerprint density at radius 1 is 0.485 bits per heavy atom. The first-order chi connectivity index (χ1) is 32.5. The van der Waals surface area contributed by atoms with E-state index >= 15 is 0 Å². The molecule has 6 fully saturated rings. The number of unbranched alkanes of at least 4 members (excludes halogenated alkanes) is 5. The Bertz CT molecular complexity index is 1630. The number of carbonyl (C=O) groups excluding carboxylic acids is 2. The first-order valence-electron chi connectivity index (χ1n) is 30.2. The molecule has 8 rings (SSSR count). The topological polar surface area (TPSA) is 52.6 Å². The molecule has 0 aliphatic heterocycles. The molecular formula is C64H106O4. The van der Waals surface area contributed by atoms with Crippen LogP contribution >= 0.6 is 0 Å². The van der Waals surface area contributed by atoms with Crippen molar-refractivity contribution in [1.29, 1.82) is 0 Å². The van der Waals surface area contributed by atoms with Crippen LogP contribution in [0.25, 0.3) is 0 Å². The van der Waals surface area contributed by atoms with Gasteiger partial charge >= 0.3 is 11.9 Å². The normalized spacial score (nSPS) is 40.5. The number of ether oxygens (including phenoxy) is 2. The highest BCUT2D eigenvalue weighted by Gasteiger charge is 2.61. The summed E-state index contributed by atoms with van der Waals surface area (Å²) in [5, 5.41) is 0. The monoisotopic (exact) mass is 939 g/mol.